The summed E-state index contributed by atoms with van der Waals surface area (Å²) in [7, 11) is 0. The van der Waals surface area contributed by atoms with Gasteiger partial charge in [-0.25, -0.2) is 4.68 Å². The average molecular weight is 238 g/mol. The molecule has 0 saturated carbocycles. The van der Waals surface area contributed by atoms with Crippen molar-refractivity contribution in [1.82, 2.24) is 14.8 Å². The van der Waals surface area contributed by atoms with Crippen molar-refractivity contribution in [1.29, 1.82) is 0 Å². The van der Waals surface area contributed by atoms with Crippen molar-refractivity contribution < 1.29 is 0 Å². The standard InChI is InChI=1S/C14H14N4/c1-10-8-13(15)18(17-10)9-12-5-2-4-11-6-3-7-16-14(11)12/h2-8H,9,15H2,1H3. The van der Waals surface area contributed by atoms with E-state index in [-0.39, 0.29) is 0 Å². The number of rotatable bonds is 2. The smallest absolute Gasteiger partial charge is 0.122 e. The molecular formula is C14H14N4. The Hall–Kier alpha value is -2.36. The Balaban J connectivity index is 2.07. The molecule has 0 aliphatic rings. The van der Waals surface area contributed by atoms with Crippen LogP contribution in [0.4, 0.5) is 5.82 Å². The largest absolute Gasteiger partial charge is 0.384 e. The van der Waals surface area contributed by atoms with Gasteiger partial charge in [-0.15, -0.1) is 0 Å². The Morgan fingerprint density at radius 1 is 1.22 bits per heavy atom. The van der Waals surface area contributed by atoms with Crippen LogP contribution in [0.25, 0.3) is 10.9 Å². The number of hydrogen-bond acceptors (Lipinski definition) is 3. The third kappa shape index (κ3) is 1.82. The van der Waals surface area contributed by atoms with Crippen LogP contribution < -0.4 is 5.73 Å². The summed E-state index contributed by atoms with van der Waals surface area (Å²) in [5.41, 5.74) is 8.98. The monoisotopic (exact) mass is 238 g/mol. The summed E-state index contributed by atoms with van der Waals surface area (Å²) in [5.74, 6) is 0.681. The van der Waals surface area contributed by atoms with Gasteiger partial charge in [-0.3, -0.25) is 4.98 Å². The van der Waals surface area contributed by atoms with E-state index in [2.05, 4.69) is 28.3 Å². The summed E-state index contributed by atoms with van der Waals surface area (Å²) in [6.45, 7) is 2.59. The predicted molar refractivity (Wildman–Crippen MR) is 72.2 cm³/mol. The van der Waals surface area contributed by atoms with Crippen LogP contribution in [0.5, 0.6) is 0 Å². The number of pyridine rings is 1. The van der Waals surface area contributed by atoms with Crippen molar-refractivity contribution in [2.24, 2.45) is 0 Å². The summed E-state index contributed by atoms with van der Waals surface area (Å²) in [4.78, 5) is 4.43. The van der Waals surface area contributed by atoms with Crippen LogP contribution >= 0.6 is 0 Å². The number of benzene rings is 1. The molecule has 2 N–H and O–H groups in total. The summed E-state index contributed by atoms with van der Waals surface area (Å²) >= 11 is 0. The Bertz CT molecular complexity index is 695. The average Bonchev–Trinajstić information content (AvgIpc) is 2.68. The second kappa shape index (κ2) is 4.14. The first-order valence-electron chi connectivity index (χ1n) is 5.86. The first-order chi connectivity index (χ1) is 8.74. The molecule has 0 radical (unpaired) electrons. The Morgan fingerprint density at radius 3 is 2.83 bits per heavy atom. The number of hydrogen-bond donors (Lipinski definition) is 1. The van der Waals surface area contributed by atoms with Gasteiger partial charge in [0.25, 0.3) is 0 Å². The zero-order valence-corrected chi connectivity index (χ0v) is 10.2. The van der Waals surface area contributed by atoms with E-state index in [0.29, 0.717) is 12.4 Å². The molecule has 90 valence electrons. The fraction of sp³-hybridized carbons (Fsp3) is 0.143. The van der Waals surface area contributed by atoms with Crippen LogP contribution in [0, 0.1) is 6.92 Å². The first-order valence-corrected chi connectivity index (χ1v) is 5.86. The molecule has 1 aromatic carbocycles. The van der Waals surface area contributed by atoms with Gasteiger partial charge in [-0.2, -0.15) is 5.10 Å². The Kier molecular flexibility index (Phi) is 2.48. The van der Waals surface area contributed by atoms with E-state index in [1.54, 1.807) is 4.68 Å². The van der Waals surface area contributed by atoms with Crippen molar-refractivity contribution in [3.63, 3.8) is 0 Å². The molecule has 0 aliphatic carbocycles. The molecule has 0 atom stereocenters. The maximum Gasteiger partial charge on any atom is 0.122 e. The molecule has 0 fully saturated rings. The highest BCUT2D eigenvalue weighted by molar-refractivity contribution is 5.81. The van der Waals surface area contributed by atoms with Gasteiger partial charge >= 0.3 is 0 Å². The highest BCUT2D eigenvalue weighted by Crippen LogP contribution is 2.18. The lowest BCUT2D eigenvalue weighted by atomic mass is 10.1. The molecule has 2 heterocycles. The molecule has 0 spiro atoms. The lowest BCUT2D eigenvalue weighted by Crippen LogP contribution is -2.06. The van der Waals surface area contributed by atoms with Crippen molar-refractivity contribution in [3.05, 3.63) is 53.9 Å². The van der Waals surface area contributed by atoms with E-state index in [4.69, 9.17) is 5.73 Å². The van der Waals surface area contributed by atoms with E-state index in [9.17, 15) is 0 Å². The summed E-state index contributed by atoms with van der Waals surface area (Å²) in [6.07, 6.45) is 1.81. The van der Waals surface area contributed by atoms with Crippen LogP contribution in [0.2, 0.25) is 0 Å². The van der Waals surface area contributed by atoms with Crippen LogP contribution in [-0.2, 0) is 6.54 Å². The number of nitrogens with two attached hydrogens (primary N) is 1. The SMILES string of the molecule is Cc1cc(N)n(Cc2cccc3cccnc23)n1. The lowest BCUT2D eigenvalue weighted by molar-refractivity contribution is 0.691. The minimum atomic E-state index is 0.647. The Labute approximate surface area is 105 Å². The van der Waals surface area contributed by atoms with Gasteiger partial charge in [0.05, 0.1) is 17.8 Å². The number of anilines is 1. The number of aromatic nitrogens is 3. The van der Waals surface area contributed by atoms with Gasteiger partial charge in [-0.1, -0.05) is 24.3 Å². The molecule has 3 rings (SSSR count). The van der Waals surface area contributed by atoms with Gasteiger partial charge in [0, 0.05) is 17.6 Å². The fourth-order valence-corrected chi connectivity index (χ4v) is 2.15. The van der Waals surface area contributed by atoms with E-state index in [1.165, 1.54) is 0 Å². The number of nitrogens with zero attached hydrogens (tertiary/aromatic N) is 3. The van der Waals surface area contributed by atoms with Gasteiger partial charge in [0.2, 0.25) is 0 Å². The number of fused-ring (bicyclic) bond motifs is 1. The van der Waals surface area contributed by atoms with Gasteiger partial charge in [0.1, 0.15) is 5.82 Å². The molecule has 4 heteroatoms. The minimum absolute atomic E-state index is 0.647. The van der Waals surface area contributed by atoms with E-state index in [0.717, 1.165) is 22.2 Å². The van der Waals surface area contributed by atoms with Gasteiger partial charge in [0.15, 0.2) is 0 Å². The van der Waals surface area contributed by atoms with Crippen molar-refractivity contribution in [2.75, 3.05) is 5.73 Å². The maximum absolute atomic E-state index is 5.91. The number of aryl methyl sites for hydroxylation is 1. The van der Waals surface area contributed by atoms with Crippen LogP contribution in [0.1, 0.15) is 11.3 Å². The van der Waals surface area contributed by atoms with Crippen molar-refractivity contribution in [2.45, 2.75) is 13.5 Å². The first kappa shape index (κ1) is 10.8. The molecular weight excluding hydrogens is 224 g/mol. The van der Waals surface area contributed by atoms with Gasteiger partial charge in [-0.05, 0) is 18.6 Å². The van der Waals surface area contributed by atoms with Crippen LogP contribution in [-0.4, -0.2) is 14.8 Å². The van der Waals surface area contributed by atoms with Gasteiger partial charge < -0.3 is 5.73 Å². The third-order valence-electron chi connectivity index (χ3n) is 2.97. The lowest BCUT2D eigenvalue weighted by Gasteiger charge is -2.07. The molecule has 2 aromatic heterocycles. The van der Waals surface area contributed by atoms with Crippen molar-refractivity contribution >= 4 is 16.7 Å². The van der Waals surface area contributed by atoms with Crippen LogP contribution in [0.3, 0.4) is 0 Å². The second-order valence-electron chi connectivity index (χ2n) is 4.36. The van der Waals surface area contributed by atoms with Crippen molar-refractivity contribution in [3.8, 4) is 0 Å². The zero-order valence-electron chi connectivity index (χ0n) is 10.2. The van der Waals surface area contributed by atoms with E-state index in [1.807, 2.05) is 31.3 Å². The van der Waals surface area contributed by atoms with Crippen LogP contribution in [0.15, 0.2) is 42.6 Å². The molecule has 3 aromatic rings. The quantitative estimate of drug-likeness (QED) is 0.745. The second-order valence-corrected chi connectivity index (χ2v) is 4.36. The predicted octanol–water partition coefficient (Wildman–Crippen LogP) is 2.37. The van der Waals surface area contributed by atoms with E-state index >= 15 is 0 Å². The summed E-state index contributed by atoms with van der Waals surface area (Å²) in [6, 6.07) is 12.0. The third-order valence-corrected chi connectivity index (χ3v) is 2.97. The molecule has 0 saturated heterocycles. The molecule has 0 amide bonds. The molecule has 0 unspecified atom stereocenters. The summed E-state index contributed by atoms with van der Waals surface area (Å²) in [5, 5.41) is 5.51. The summed E-state index contributed by atoms with van der Waals surface area (Å²) < 4.78 is 1.80. The number of nitrogen functional groups attached to an aromatic ring is 1. The normalized spacial score (nSPS) is 10.9. The fourth-order valence-electron chi connectivity index (χ4n) is 2.15. The zero-order chi connectivity index (χ0) is 12.5. The minimum Gasteiger partial charge on any atom is -0.384 e. The molecule has 0 bridgehead atoms. The molecule has 0 aliphatic heterocycles. The van der Waals surface area contributed by atoms with E-state index < -0.39 is 0 Å². The highest BCUT2D eigenvalue weighted by atomic mass is 15.3. The molecule has 18 heavy (non-hydrogen) atoms. The topological polar surface area (TPSA) is 56.7 Å². The highest BCUT2D eigenvalue weighted by Gasteiger charge is 2.06. The Morgan fingerprint density at radius 2 is 2.06 bits per heavy atom. The molecule has 4 nitrogen and oxygen atoms in total. The maximum atomic E-state index is 5.91. The number of para-hydroxylation sites is 1.